The molecule has 0 saturated carbocycles. The van der Waals surface area contributed by atoms with Crippen molar-refractivity contribution in [1.82, 2.24) is 15.1 Å². The first-order chi connectivity index (χ1) is 8.27. The van der Waals surface area contributed by atoms with E-state index in [1.165, 1.54) is 6.92 Å². The second-order valence-corrected chi connectivity index (χ2v) is 4.13. The minimum atomic E-state index is -4.59. The third kappa shape index (κ3) is 3.22. The van der Waals surface area contributed by atoms with Gasteiger partial charge >= 0.3 is 6.18 Å². The van der Waals surface area contributed by atoms with Gasteiger partial charge in [0.15, 0.2) is 5.69 Å². The molecule has 0 atom stereocenters. The van der Waals surface area contributed by atoms with Crippen LogP contribution in [0.15, 0.2) is 4.47 Å². The number of nitriles is 1. The number of alkyl halides is 3. The first-order valence-corrected chi connectivity index (χ1v) is 5.50. The quantitative estimate of drug-likeness (QED) is 0.859. The van der Waals surface area contributed by atoms with Crippen LogP contribution < -0.4 is 5.32 Å². The van der Waals surface area contributed by atoms with E-state index in [1.807, 2.05) is 0 Å². The van der Waals surface area contributed by atoms with Crippen molar-refractivity contribution >= 4 is 21.8 Å². The van der Waals surface area contributed by atoms with Crippen molar-refractivity contribution in [1.29, 1.82) is 5.26 Å². The predicted octanol–water partition coefficient (Wildman–Crippen LogP) is 1.61. The van der Waals surface area contributed by atoms with Gasteiger partial charge in [-0.2, -0.15) is 23.5 Å². The zero-order chi connectivity index (χ0) is 13.9. The molecule has 1 aromatic rings. The summed E-state index contributed by atoms with van der Waals surface area (Å²) in [5.41, 5.74) is -0.887. The van der Waals surface area contributed by atoms with E-state index >= 15 is 0 Å². The molecule has 1 aromatic heterocycles. The van der Waals surface area contributed by atoms with Crippen LogP contribution in [0, 0.1) is 18.3 Å². The summed E-state index contributed by atoms with van der Waals surface area (Å²) in [4.78, 5) is 11.3. The second-order valence-electron chi connectivity index (χ2n) is 3.34. The van der Waals surface area contributed by atoms with Crippen LogP contribution in [0.5, 0.6) is 0 Å². The zero-order valence-electron chi connectivity index (χ0n) is 9.18. The van der Waals surface area contributed by atoms with Crippen LogP contribution in [0.2, 0.25) is 0 Å². The molecule has 1 heterocycles. The minimum absolute atomic E-state index is 0.189. The van der Waals surface area contributed by atoms with E-state index in [0.29, 0.717) is 0 Å². The average molecular weight is 325 g/mol. The summed E-state index contributed by atoms with van der Waals surface area (Å²) in [7, 11) is 0. The van der Waals surface area contributed by atoms with Crippen molar-refractivity contribution in [3.63, 3.8) is 0 Å². The first kappa shape index (κ1) is 14.5. The molecule has 0 aliphatic rings. The molecule has 1 amide bonds. The van der Waals surface area contributed by atoms with Crippen LogP contribution >= 0.6 is 15.9 Å². The topological polar surface area (TPSA) is 70.7 Å². The van der Waals surface area contributed by atoms with Gasteiger partial charge in [0.1, 0.15) is 13.1 Å². The Morgan fingerprint density at radius 2 is 2.22 bits per heavy atom. The standard InChI is InChI=1S/C9H8BrF3N4O/c1-5-7(10)8(9(11,12)13)16-17(5)4-6(18)15-3-2-14/h3-4H2,1H3,(H,15,18). The van der Waals surface area contributed by atoms with Crippen molar-refractivity contribution in [2.45, 2.75) is 19.6 Å². The molecule has 0 aliphatic heterocycles. The highest BCUT2D eigenvalue weighted by Gasteiger charge is 2.38. The monoisotopic (exact) mass is 324 g/mol. The van der Waals surface area contributed by atoms with Crippen molar-refractivity contribution in [2.75, 3.05) is 6.54 Å². The Hall–Kier alpha value is -1.56. The van der Waals surface area contributed by atoms with E-state index in [9.17, 15) is 18.0 Å². The number of nitrogens with zero attached hydrogens (tertiary/aromatic N) is 3. The first-order valence-electron chi connectivity index (χ1n) is 4.71. The van der Waals surface area contributed by atoms with Crippen LogP contribution in [-0.4, -0.2) is 22.2 Å². The highest BCUT2D eigenvalue weighted by molar-refractivity contribution is 9.10. The van der Waals surface area contributed by atoms with Crippen LogP contribution in [-0.2, 0) is 17.5 Å². The average Bonchev–Trinajstić information content (AvgIpc) is 2.54. The summed E-state index contributed by atoms with van der Waals surface area (Å²) in [5.74, 6) is -0.580. The van der Waals surface area contributed by atoms with E-state index in [1.54, 1.807) is 6.07 Å². The highest BCUT2D eigenvalue weighted by atomic mass is 79.9. The SMILES string of the molecule is Cc1c(Br)c(C(F)(F)F)nn1CC(=O)NCC#N. The Balaban J connectivity index is 2.92. The van der Waals surface area contributed by atoms with Crippen LogP contribution in [0.25, 0.3) is 0 Å². The Morgan fingerprint density at radius 3 is 2.67 bits per heavy atom. The van der Waals surface area contributed by atoms with Crippen LogP contribution in [0.3, 0.4) is 0 Å². The lowest BCUT2D eigenvalue weighted by atomic mass is 10.3. The molecule has 1 N–H and O–H groups in total. The molecule has 98 valence electrons. The smallest absolute Gasteiger partial charge is 0.341 e. The summed E-state index contributed by atoms with van der Waals surface area (Å²) >= 11 is 2.79. The van der Waals surface area contributed by atoms with Gasteiger partial charge < -0.3 is 5.32 Å². The third-order valence-electron chi connectivity index (χ3n) is 2.06. The Morgan fingerprint density at radius 1 is 1.61 bits per heavy atom. The van der Waals surface area contributed by atoms with Gasteiger partial charge in [-0.3, -0.25) is 9.48 Å². The third-order valence-corrected chi connectivity index (χ3v) is 3.01. The summed E-state index contributed by atoms with van der Waals surface area (Å²) < 4.78 is 38.3. The highest BCUT2D eigenvalue weighted by Crippen LogP contribution is 2.35. The number of carbonyl (C=O) groups excluding carboxylic acids is 1. The van der Waals surface area contributed by atoms with Gasteiger partial charge in [0.2, 0.25) is 5.91 Å². The summed E-state index contributed by atoms with van der Waals surface area (Å²) in [6, 6.07) is 1.69. The van der Waals surface area contributed by atoms with Gasteiger partial charge in [0.05, 0.1) is 16.2 Å². The minimum Gasteiger partial charge on any atom is -0.341 e. The Bertz CT molecular complexity index is 503. The number of carbonyl (C=O) groups is 1. The summed E-state index contributed by atoms with van der Waals surface area (Å²) in [6.45, 7) is 0.832. The maximum atomic E-state index is 12.5. The van der Waals surface area contributed by atoms with Gasteiger partial charge in [0.25, 0.3) is 0 Å². The molecule has 0 radical (unpaired) electrons. The molecular weight excluding hydrogens is 317 g/mol. The molecule has 0 fully saturated rings. The van der Waals surface area contributed by atoms with Crippen molar-refractivity contribution in [3.05, 3.63) is 15.9 Å². The molecule has 0 unspecified atom stereocenters. The van der Waals surface area contributed by atoms with Crippen LogP contribution in [0.1, 0.15) is 11.4 Å². The second kappa shape index (κ2) is 5.39. The maximum Gasteiger partial charge on any atom is 0.436 e. The van der Waals surface area contributed by atoms with Gasteiger partial charge in [0, 0.05) is 0 Å². The number of aromatic nitrogens is 2. The molecule has 0 aromatic carbocycles. The van der Waals surface area contributed by atoms with E-state index in [0.717, 1.165) is 4.68 Å². The summed E-state index contributed by atoms with van der Waals surface area (Å²) in [5, 5.41) is 13.8. The molecule has 18 heavy (non-hydrogen) atoms. The van der Waals surface area contributed by atoms with Gasteiger partial charge in [-0.1, -0.05) is 0 Å². The number of amides is 1. The normalized spacial score (nSPS) is 11.1. The predicted molar refractivity (Wildman–Crippen MR) is 58.3 cm³/mol. The summed E-state index contributed by atoms with van der Waals surface area (Å²) in [6.07, 6.45) is -4.59. The Labute approximate surface area is 109 Å². The largest absolute Gasteiger partial charge is 0.436 e. The van der Waals surface area contributed by atoms with E-state index < -0.39 is 17.8 Å². The fourth-order valence-electron chi connectivity index (χ4n) is 1.19. The molecule has 0 spiro atoms. The van der Waals surface area contributed by atoms with Crippen molar-refractivity contribution in [2.24, 2.45) is 0 Å². The zero-order valence-corrected chi connectivity index (χ0v) is 10.8. The molecule has 9 heteroatoms. The Kier molecular flexibility index (Phi) is 4.34. The molecule has 1 rings (SSSR count). The molecule has 0 aliphatic carbocycles. The number of nitrogens with one attached hydrogen (secondary N) is 1. The lowest BCUT2D eigenvalue weighted by Gasteiger charge is -2.03. The number of hydrogen-bond acceptors (Lipinski definition) is 3. The number of rotatable bonds is 3. The van der Waals surface area contributed by atoms with E-state index in [2.05, 4.69) is 26.3 Å². The van der Waals surface area contributed by atoms with Crippen LogP contribution in [0.4, 0.5) is 13.2 Å². The molecule has 0 saturated heterocycles. The van der Waals surface area contributed by atoms with Crippen molar-refractivity contribution in [3.8, 4) is 6.07 Å². The van der Waals surface area contributed by atoms with Gasteiger partial charge in [-0.05, 0) is 22.9 Å². The lowest BCUT2D eigenvalue weighted by molar-refractivity contribution is -0.142. The fraction of sp³-hybridized carbons (Fsp3) is 0.444. The maximum absolute atomic E-state index is 12.5. The number of hydrogen-bond donors (Lipinski definition) is 1. The number of halogens is 4. The van der Waals surface area contributed by atoms with E-state index in [4.69, 9.17) is 5.26 Å². The molecule has 5 nitrogen and oxygen atoms in total. The molecular formula is C9H8BrF3N4O. The fourth-order valence-corrected chi connectivity index (χ4v) is 1.70. The van der Waals surface area contributed by atoms with Gasteiger partial charge in [-0.25, -0.2) is 0 Å². The van der Waals surface area contributed by atoms with E-state index in [-0.39, 0.29) is 23.3 Å². The van der Waals surface area contributed by atoms with Gasteiger partial charge in [-0.15, -0.1) is 0 Å². The lowest BCUT2D eigenvalue weighted by Crippen LogP contribution is -2.28. The van der Waals surface area contributed by atoms with Crippen molar-refractivity contribution < 1.29 is 18.0 Å². The molecule has 0 bridgehead atoms.